The lowest BCUT2D eigenvalue weighted by molar-refractivity contribution is 0.390. The summed E-state index contributed by atoms with van der Waals surface area (Å²) in [6, 6.07) is 3.70. The fraction of sp³-hybridized carbons (Fsp3) is 0.400. The Bertz CT molecular complexity index is 255. The molecular formula is C10H12Cl2O2. The third kappa shape index (κ3) is 2.25. The average Bonchev–Trinajstić information content (AvgIpc) is 2.26. The lowest BCUT2D eigenvalue weighted by atomic mass is 10.1. The van der Waals surface area contributed by atoms with E-state index in [2.05, 4.69) is 0 Å². The molecule has 1 rings (SSSR count). The topological polar surface area (TPSA) is 18.5 Å². The van der Waals surface area contributed by atoms with Gasteiger partial charge in [-0.15, -0.1) is 23.2 Å². The molecule has 78 valence electrons. The maximum absolute atomic E-state index is 5.77. The van der Waals surface area contributed by atoms with Gasteiger partial charge in [-0.2, -0.15) is 0 Å². The standard InChI is InChI=1S/C10H12Cl2O2/c1-13-9-4-10(14-2)8(6-12)3-7(9)5-11/h3-4H,5-6H2,1-2H3. The van der Waals surface area contributed by atoms with Gasteiger partial charge in [-0.25, -0.2) is 0 Å². The molecular weight excluding hydrogens is 223 g/mol. The summed E-state index contributed by atoms with van der Waals surface area (Å²) in [7, 11) is 3.20. The van der Waals surface area contributed by atoms with Crippen molar-refractivity contribution >= 4 is 23.2 Å². The molecule has 4 heteroatoms. The van der Waals surface area contributed by atoms with E-state index < -0.39 is 0 Å². The Labute approximate surface area is 93.7 Å². The number of benzene rings is 1. The van der Waals surface area contributed by atoms with E-state index in [4.69, 9.17) is 32.7 Å². The molecule has 0 aliphatic carbocycles. The van der Waals surface area contributed by atoms with Crippen molar-refractivity contribution in [3.63, 3.8) is 0 Å². The molecule has 0 aliphatic heterocycles. The van der Waals surface area contributed by atoms with Crippen LogP contribution in [0.15, 0.2) is 12.1 Å². The maximum Gasteiger partial charge on any atom is 0.126 e. The smallest absolute Gasteiger partial charge is 0.126 e. The van der Waals surface area contributed by atoms with Crippen molar-refractivity contribution in [2.75, 3.05) is 14.2 Å². The summed E-state index contributed by atoms with van der Waals surface area (Å²) in [5, 5.41) is 0. The maximum atomic E-state index is 5.77. The zero-order chi connectivity index (χ0) is 10.6. The van der Waals surface area contributed by atoms with Crippen LogP contribution in [-0.4, -0.2) is 14.2 Å². The summed E-state index contributed by atoms with van der Waals surface area (Å²) >= 11 is 11.5. The minimum Gasteiger partial charge on any atom is -0.496 e. The first-order chi connectivity index (χ1) is 6.76. The summed E-state index contributed by atoms with van der Waals surface area (Å²) in [4.78, 5) is 0. The van der Waals surface area contributed by atoms with Crippen LogP contribution in [0.3, 0.4) is 0 Å². The summed E-state index contributed by atoms with van der Waals surface area (Å²) in [5.74, 6) is 2.25. The third-order valence-corrected chi connectivity index (χ3v) is 2.55. The van der Waals surface area contributed by atoms with Gasteiger partial charge in [-0.05, 0) is 6.07 Å². The van der Waals surface area contributed by atoms with E-state index in [0.717, 1.165) is 22.6 Å². The van der Waals surface area contributed by atoms with E-state index in [1.54, 1.807) is 20.3 Å². The molecule has 0 heterocycles. The Morgan fingerprint density at radius 3 is 1.64 bits per heavy atom. The van der Waals surface area contributed by atoms with Crippen LogP contribution in [0.2, 0.25) is 0 Å². The molecule has 0 N–H and O–H groups in total. The Balaban J connectivity index is 3.20. The highest BCUT2D eigenvalue weighted by atomic mass is 35.5. The summed E-state index contributed by atoms with van der Waals surface area (Å²) in [6.45, 7) is 0. The van der Waals surface area contributed by atoms with Gasteiger partial charge in [0.15, 0.2) is 0 Å². The first-order valence-corrected chi connectivity index (χ1v) is 5.19. The molecule has 0 amide bonds. The molecule has 0 spiro atoms. The molecule has 0 unspecified atom stereocenters. The van der Waals surface area contributed by atoms with Crippen LogP contribution in [0.5, 0.6) is 11.5 Å². The molecule has 0 fully saturated rings. The summed E-state index contributed by atoms with van der Waals surface area (Å²) in [6.07, 6.45) is 0. The van der Waals surface area contributed by atoms with Gasteiger partial charge in [-0.1, -0.05) is 0 Å². The molecule has 0 aliphatic rings. The molecule has 0 bridgehead atoms. The Kier molecular flexibility index (Phi) is 4.36. The van der Waals surface area contributed by atoms with Crippen LogP contribution < -0.4 is 9.47 Å². The molecule has 0 saturated carbocycles. The van der Waals surface area contributed by atoms with Gasteiger partial charge in [0, 0.05) is 17.2 Å². The highest BCUT2D eigenvalue weighted by molar-refractivity contribution is 6.18. The second-order valence-electron chi connectivity index (χ2n) is 2.74. The van der Waals surface area contributed by atoms with Crippen molar-refractivity contribution in [2.24, 2.45) is 0 Å². The zero-order valence-corrected chi connectivity index (χ0v) is 9.65. The molecule has 2 nitrogen and oxygen atoms in total. The monoisotopic (exact) mass is 234 g/mol. The first kappa shape index (κ1) is 11.5. The quantitative estimate of drug-likeness (QED) is 0.746. The van der Waals surface area contributed by atoms with Gasteiger partial charge >= 0.3 is 0 Å². The number of halogens is 2. The molecule has 0 radical (unpaired) electrons. The van der Waals surface area contributed by atoms with Crippen LogP contribution in [0, 0.1) is 0 Å². The number of alkyl halides is 2. The summed E-state index contributed by atoms with van der Waals surface area (Å²) < 4.78 is 10.3. The first-order valence-electron chi connectivity index (χ1n) is 4.12. The highest BCUT2D eigenvalue weighted by Gasteiger charge is 2.09. The van der Waals surface area contributed by atoms with Crippen molar-refractivity contribution < 1.29 is 9.47 Å². The second kappa shape index (κ2) is 5.32. The van der Waals surface area contributed by atoms with Crippen molar-refractivity contribution in [3.8, 4) is 11.5 Å². The number of rotatable bonds is 4. The van der Waals surface area contributed by atoms with Gasteiger partial charge in [0.1, 0.15) is 11.5 Å². The lowest BCUT2D eigenvalue weighted by Gasteiger charge is -2.11. The number of ether oxygens (including phenoxy) is 2. The molecule has 0 saturated heterocycles. The van der Waals surface area contributed by atoms with Gasteiger partial charge in [0.25, 0.3) is 0 Å². The molecule has 1 aromatic carbocycles. The number of hydrogen-bond donors (Lipinski definition) is 0. The Morgan fingerprint density at radius 2 is 1.36 bits per heavy atom. The minimum absolute atomic E-state index is 0.400. The minimum atomic E-state index is 0.400. The SMILES string of the molecule is COc1cc(OC)c(CCl)cc1CCl. The number of hydrogen-bond acceptors (Lipinski definition) is 2. The van der Waals surface area contributed by atoms with Crippen molar-refractivity contribution in [1.29, 1.82) is 0 Å². The zero-order valence-electron chi connectivity index (χ0n) is 8.14. The molecule has 0 aromatic heterocycles. The Hall–Kier alpha value is -0.600. The van der Waals surface area contributed by atoms with Gasteiger partial charge in [0.2, 0.25) is 0 Å². The van der Waals surface area contributed by atoms with Crippen LogP contribution in [0.4, 0.5) is 0 Å². The van der Waals surface area contributed by atoms with Crippen LogP contribution in [0.25, 0.3) is 0 Å². The lowest BCUT2D eigenvalue weighted by Crippen LogP contribution is -1.95. The largest absolute Gasteiger partial charge is 0.496 e. The van der Waals surface area contributed by atoms with Crippen LogP contribution >= 0.6 is 23.2 Å². The highest BCUT2D eigenvalue weighted by Crippen LogP contribution is 2.30. The van der Waals surface area contributed by atoms with Crippen molar-refractivity contribution in [3.05, 3.63) is 23.3 Å². The molecule has 14 heavy (non-hydrogen) atoms. The fourth-order valence-electron chi connectivity index (χ4n) is 1.25. The van der Waals surface area contributed by atoms with E-state index in [0.29, 0.717) is 11.8 Å². The predicted octanol–water partition coefficient (Wildman–Crippen LogP) is 3.18. The van der Waals surface area contributed by atoms with E-state index in [1.807, 2.05) is 6.07 Å². The normalized spacial score (nSPS) is 10.0. The predicted molar refractivity (Wildman–Crippen MR) is 58.7 cm³/mol. The molecule has 0 atom stereocenters. The fourth-order valence-corrected chi connectivity index (χ4v) is 1.66. The van der Waals surface area contributed by atoms with E-state index in [-0.39, 0.29) is 0 Å². The Morgan fingerprint density at radius 1 is 0.929 bits per heavy atom. The van der Waals surface area contributed by atoms with E-state index in [1.165, 1.54) is 0 Å². The van der Waals surface area contributed by atoms with Gasteiger partial charge in [0.05, 0.1) is 26.0 Å². The van der Waals surface area contributed by atoms with Crippen LogP contribution in [-0.2, 0) is 11.8 Å². The van der Waals surface area contributed by atoms with Crippen molar-refractivity contribution in [1.82, 2.24) is 0 Å². The van der Waals surface area contributed by atoms with E-state index in [9.17, 15) is 0 Å². The van der Waals surface area contributed by atoms with Crippen molar-refractivity contribution in [2.45, 2.75) is 11.8 Å². The molecule has 1 aromatic rings. The van der Waals surface area contributed by atoms with Gasteiger partial charge in [-0.3, -0.25) is 0 Å². The van der Waals surface area contributed by atoms with Gasteiger partial charge < -0.3 is 9.47 Å². The average molecular weight is 235 g/mol. The third-order valence-electron chi connectivity index (χ3n) is 1.97. The van der Waals surface area contributed by atoms with Crippen LogP contribution in [0.1, 0.15) is 11.1 Å². The summed E-state index contributed by atoms with van der Waals surface area (Å²) in [5.41, 5.74) is 1.84. The second-order valence-corrected chi connectivity index (χ2v) is 3.28. The van der Waals surface area contributed by atoms with E-state index >= 15 is 0 Å². The number of methoxy groups -OCH3 is 2.